The molecule has 1 aromatic heterocycles. The van der Waals surface area contributed by atoms with Crippen molar-refractivity contribution in [2.24, 2.45) is 0 Å². The fourth-order valence-corrected chi connectivity index (χ4v) is 1.54. The van der Waals surface area contributed by atoms with Crippen LogP contribution >= 0.6 is 0 Å². The van der Waals surface area contributed by atoms with Gasteiger partial charge in [-0.25, -0.2) is 4.39 Å². The predicted octanol–water partition coefficient (Wildman–Crippen LogP) is 1.68. The summed E-state index contributed by atoms with van der Waals surface area (Å²) in [6, 6.07) is 6.13. The topological polar surface area (TPSA) is 74.7 Å². The molecule has 0 aliphatic carbocycles. The average Bonchev–Trinajstić information content (AvgIpc) is 2.74. The summed E-state index contributed by atoms with van der Waals surface area (Å²) in [4.78, 5) is 4.03. The van der Waals surface area contributed by atoms with E-state index in [-0.39, 0.29) is 0 Å². The van der Waals surface area contributed by atoms with Crippen molar-refractivity contribution in [3.05, 3.63) is 46.9 Å². The maximum Gasteiger partial charge on any atom is 0.240 e. The lowest BCUT2D eigenvalue weighted by Crippen LogP contribution is -2.13. The number of hydrogen-bond donors (Lipinski definition) is 1. The van der Waals surface area contributed by atoms with Gasteiger partial charge in [-0.2, -0.15) is 10.2 Å². The number of hydrogen-bond acceptors (Lipinski definition) is 5. The normalized spacial score (nSPS) is 10.3. The highest BCUT2D eigenvalue weighted by Crippen LogP contribution is 2.08. The summed E-state index contributed by atoms with van der Waals surface area (Å²) in [6.07, 6.45) is 0. The van der Waals surface area contributed by atoms with Crippen molar-refractivity contribution >= 4 is 0 Å². The predicted molar refractivity (Wildman–Crippen MR) is 60.7 cm³/mol. The van der Waals surface area contributed by atoms with Gasteiger partial charge >= 0.3 is 0 Å². The first-order chi connectivity index (χ1) is 8.67. The largest absolute Gasteiger partial charge is 0.338 e. The minimum absolute atomic E-state index is 0.306. The van der Waals surface area contributed by atoms with Crippen LogP contribution in [-0.4, -0.2) is 10.1 Å². The molecule has 0 aliphatic rings. The van der Waals surface area contributed by atoms with E-state index in [1.54, 1.807) is 13.0 Å². The number of nitrogens with one attached hydrogen (secondary N) is 1. The molecule has 92 valence electrons. The zero-order valence-electron chi connectivity index (χ0n) is 9.77. The van der Waals surface area contributed by atoms with E-state index in [1.807, 2.05) is 6.07 Å². The number of rotatable bonds is 4. The maximum atomic E-state index is 13.1. The van der Waals surface area contributed by atoms with Gasteiger partial charge in [-0.3, -0.25) is 0 Å². The maximum absolute atomic E-state index is 13.1. The standard InChI is InChI=1S/C12H11FN4O/c1-8-16-12(18-17-8)7-15-6-10-2-9(5-14)3-11(13)4-10/h2-4,15H,6-7H2,1H3. The molecule has 0 saturated heterocycles. The van der Waals surface area contributed by atoms with Crippen LogP contribution in [-0.2, 0) is 13.1 Å². The first-order valence-electron chi connectivity index (χ1n) is 5.37. The minimum Gasteiger partial charge on any atom is -0.338 e. The quantitative estimate of drug-likeness (QED) is 0.888. The monoisotopic (exact) mass is 246 g/mol. The highest BCUT2D eigenvalue weighted by molar-refractivity contribution is 5.33. The van der Waals surface area contributed by atoms with Crippen LogP contribution in [0.3, 0.4) is 0 Å². The Balaban J connectivity index is 1.94. The van der Waals surface area contributed by atoms with Gasteiger partial charge in [0.25, 0.3) is 0 Å². The lowest BCUT2D eigenvalue weighted by molar-refractivity contribution is 0.364. The number of aryl methyl sites for hydroxylation is 1. The highest BCUT2D eigenvalue weighted by atomic mass is 19.1. The molecule has 2 aromatic rings. The molecule has 1 N–H and O–H groups in total. The average molecular weight is 246 g/mol. The van der Waals surface area contributed by atoms with Crippen LogP contribution < -0.4 is 5.32 Å². The second-order valence-corrected chi connectivity index (χ2v) is 3.80. The number of benzene rings is 1. The third-order valence-electron chi connectivity index (χ3n) is 2.26. The summed E-state index contributed by atoms with van der Waals surface area (Å²) in [5, 5.41) is 15.4. The Kier molecular flexibility index (Phi) is 3.65. The van der Waals surface area contributed by atoms with E-state index in [0.717, 1.165) is 0 Å². The number of halogens is 1. The lowest BCUT2D eigenvalue weighted by Gasteiger charge is -2.03. The van der Waals surface area contributed by atoms with E-state index in [4.69, 9.17) is 9.78 Å². The van der Waals surface area contributed by atoms with Crippen molar-refractivity contribution in [3.8, 4) is 6.07 Å². The fourth-order valence-electron chi connectivity index (χ4n) is 1.54. The summed E-state index contributed by atoms with van der Waals surface area (Å²) < 4.78 is 18.1. The first kappa shape index (κ1) is 12.2. The van der Waals surface area contributed by atoms with E-state index in [1.165, 1.54) is 12.1 Å². The number of nitriles is 1. The highest BCUT2D eigenvalue weighted by Gasteiger charge is 2.03. The molecular weight excluding hydrogens is 235 g/mol. The van der Waals surface area contributed by atoms with Crippen LogP contribution in [0.25, 0.3) is 0 Å². The van der Waals surface area contributed by atoms with Gasteiger partial charge in [-0.1, -0.05) is 5.16 Å². The molecule has 2 rings (SSSR count). The van der Waals surface area contributed by atoms with Crippen molar-refractivity contribution in [1.82, 2.24) is 15.5 Å². The van der Waals surface area contributed by atoms with Crippen molar-refractivity contribution in [3.63, 3.8) is 0 Å². The van der Waals surface area contributed by atoms with Gasteiger partial charge in [0, 0.05) is 6.54 Å². The molecule has 0 unspecified atom stereocenters. The molecule has 0 spiro atoms. The van der Waals surface area contributed by atoms with Gasteiger partial charge in [-0.15, -0.1) is 0 Å². The van der Waals surface area contributed by atoms with Crippen LogP contribution in [0.2, 0.25) is 0 Å². The second kappa shape index (κ2) is 5.38. The first-order valence-corrected chi connectivity index (χ1v) is 5.37. The van der Waals surface area contributed by atoms with E-state index < -0.39 is 5.82 Å². The van der Waals surface area contributed by atoms with Crippen molar-refractivity contribution in [1.29, 1.82) is 5.26 Å². The van der Waals surface area contributed by atoms with Crippen LogP contribution in [0.1, 0.15) is 22.8 Å². The smallest absolute Gasteiger partial charge is 0.240 e. The third-order valence-corrected chi connectivity index (χ3v) is 2.26. The molecule has 1 aromatic carbocycles. The van der Waals surface area contributed by atoms with Gasteiger partial charge in [0.1, 0.15) is 5.82 Å². The molecule has 0 fully saturated rings. The number of aromatic nitrogens is 2. The SMILES string of the molecule is Cc1noc(CNCc2cc(F)cc(C#N)c2)n1. The summed E-state index contributed by atoms with van der Waals surface area (Å²) in [5.41, 5.74) is 1.00. The summed E-state index contributed by atoms with van der Waals surface area (Å²) in [7, 11) is 0. The van der Waals surface area contributed by atoms with Crippen LogP contribution in [0, 0.1) is 24.1 Å². The Bertz CT molecular complexity index is 588. The van der Waals surface area contributed by atoms with Gasteiger partial charge in [-0.05, 0) is 30.7 Å². The Labute approximate surface area is 103 Å². The van der Waals surface area contributed by atoms with E-state index in [9.17, 15) is 4.39 Å². The molecule has 0 bridgehead atoms. The van der Waals surface area contributed by atoms with Crippen molar-refractivity contribution < 1.29 is 8.91 Å². The molecule has 1 heterocycles. The summed E-state index contributed by atoms with van der Waals surface area (Å²) in [6.45, 7) is 2.56. The zero-order valence-corrected chi connectivity index (χ0v) is 9.77. The Morgan fingerprint density at radius 3 is 2.89 bits per heavy atom. The Morgan fingerprint density at radius 2 is 2.22 bits per heavy atom. The molecule has 0 radical (unpaired) electrons. The second-order valence-electron chi connectivity index (χ2n) is 3.80. The fraction of sp³-hybridized carbons (Fsp3) is 0.250. The number of nitrogens with zero attached hydrogens (tertiary/aromatic N) is 3. The lowest BCUT2D eigenvalue weighted by atomic mass is 10.1. The van der Waals surface area contributed by atoms with Crippen molar-refractivity contribution in [2.45, 2.75) is 20.0 Å². The summed E-state index contributed by atoms with van der Waals surface area (Å²) >= 11 is 0. The molecule has 18 heavy (non-hydrogen) atoms. The van der Waals surface area contributed by atoms with Crippen LogP contribution in [0.15, 0.2) is 22.7 Å². The third kappa shape index (κ3) is 3.12. The van der Waals surface area contributed by atoms with E-state index >= 15 is 0 Å². The Morgan fingerprint density at radius 1 is 1.39 bits per heavy atom. The molecule has 6 heteroatoms. The molecule has 0 aliphatic heterocycles. The molecule has 0 atom stereocenters. The zero-order chi connectivity index (χ0) is 13.0. The molecular formula is C12H11FN4O. The summed E-state index contributed by atoms with van der Waals surface area (Å²) in [5.74, 6) is 0.633. The van der Waals surface area contributed by atoms with E-state index in [0.29, 0.717) is 35.9 Å². The van der Waals surface area contributed by atoms with Crippen LogP contribution in [0.4, 0.5) is 4.39 Å². The van der Waals surface area contributed by atoms with Gasteiger partial charge in [0.2, 0.25) is 5.89 Å². The molecule has 5 nitrogen and oxygen atoms in total. The Hall–Kier alpha value is -2.26. The van der Waals surface area contributed by atoms with Gasteiger partial charge in [0.05, 0.1) is 18.2 Å². The van der Waals surface area contributed by atoms with Crippen LogP contribution in [0.5, 0.6) is 0 Å². The van der Waals surface area contributed by atoms with E-state index in [2.05, 4.69) is 15.5 Å². The van der Waals surface area contributed by atoms with Gasteiger partial charge < -0.3 is 9.84 Å². The minimum atomic E-state index is -0.417. The van der Waals surface area contributed by atoms with Gasteiger partial charge in [0.15, 0.2) is 5.82 Å². The van der Waals surface area contributed by atoms with Crippen molar-refractivity contribution in [2.75, 3.05) is 0 Å². The molecule has 0 amide bonds. The molecule has 0 saturated carbocycles.